The first-order valence-corrected chi connectivity index (χ1v) is 4.10. The minimum atomic E-state index is 0.195. The zero-order chi connectivity index (χ0) is 10.6. The lowest BCUT2D eigenvalue weighted by Crippen LogP contribution is -2.40. The van der Waals surface area contributed by atoms with E-state index in [2.05, 4.69) is 39.0 Å². The smallest absolute Gasteiger partial charge is 0.178 e. The second-order valence-electron chi connectivity index (χ2n) is 1.95. The third-order valence-corrected chi connectivity index (χ3v) is 0.982. The van der Waals surface area contributed by atoms with E-state index in [0.29, 0.717) is 6.54 Å². The van der Waals surface area contributed by atoms with E-state index in [9.17, 15) is 0 Å². The van der Waals surface area contributed by atoms with Crippen molar-refractivity contribution in [2.45, 2.75) is 0 Å². The Morgan fingerprint density at radius 1 is 1.50 bits per heavy atom. The van der Waals surface area contributed by atoms with Crippen LogP contribution < -0.4 is 16.6 Å². The van der Waals surface area contributed by atoms with Crippen molar-refractivity contribution < 1.29 is 0 Å². The number of nitrogens with zero attached hydrogens (tertiary/aromatic N) is 2. The fraction of sp³-hybridized carbons (Fsp3) is 0.125. The molecule has 74 valence electrons. The van der Waals surface area contributed by atoms with E-state index >= 15 is 0 Å². The number of rotatable bonds is 2. The molecular weight excluding hydrogens is 198 g/mol. The van der Waals surface area contributed by atoms with Crippen molar-refractivity contribution in [2.75, 3.05) is 6.54 Å². The summed E-state index contributed by atoms with van der Waals surface area (Å²) in [6, 6.07) is 1.78. The van der Waals surface area contributed by atoms with E-state index in [1.807, 2.05) is 0 Å². The van der Waals surface area contributed by atoms with Crippen LogP contribution >= 0.6 is 12.2 Å². The number of nitrogens with one attached hydrogen (secondary N) is 2. The molecule has 0 saturated heterocycles. The average molecular weight is 209 g/mol. The van der Waals surface area contributed by atoms with Crippen molar-refractivity contribution in [3.05, 3.63) is 24.8 Å². The van der Waals surface area contributed by atoms with Crippen LogP contribution in [0.4, 0.5) is 0 Å². The molecule has 0 fully saturated rings. The van der Waals surface area contributed by atoms with Crippen molar-refractivity contribution in [3.8, 4) is 12.3 Å². The van der Waals surface area contributed by atoms with Crippen molar-refractivity contribution in [1.82, 2.24) is 20.8 Å². The molecule has 0 saturated carbocycles. The second kappa shape index (κ2) is 9.38. The number of thiocarbonyl (C=S) groups is 1. The van der Waals surface area contributed by atoms with Gasteiger partial charge in [-0.1, -0.05) is 5.92 Å². The highest BCUT2D eigenvalue weighted by Gasteiger charge is 1.78. The van der Waals surface area contributed by atoms with Crippen LogP contribution in [0, 0.1) is 12.3 Å². The number of terminal acetylenes is 1. The van der Waals surface area contributed by atoms with Crippen LogP contribution in [0.5, 0.6) is 0 Å². The van der Waals surface area contributed by atoms with Gasteiger partial charge in [0, 0.05) is 12.4 Å². The van der Waals surface area contributed by atoms with Gasteiger partial charge in [0.15, 0.2) is 5.11 Å². The van der Waals surface area contributed by atoms with Crippen molar-refractivity contribution in [3.63, 3.8) is 0 Å². The second-order valence-corrected chi connectivity index (χ2v) is 2.39. The molecule has 0 aromatic carbocycles. The first kappa shape index (κ1) is 12.3. The summed E-state index contributed by atoms with van der Waals surface area (Å²) in [6.45, 7) is 0.414. The Morgan fingerprint density at radius 3 is 2.43 bits per heavy atom. The van der Waals surface area contributed by atoms with Gasteiger partial charge >= 0.3 is 0 Å². The topological polar surface area (TPSA) is 75.9 Å². The third-order valence-electron chi connectivity index (χ3n) is 0.880. The van der Waals surface area contributed by atoms with Gasteiger partial charge in [0.05, 0.1) is 6.54 Å². The zero-order valence-electron chi connectivity index (χ0n) is 7.47. The van der Waals surface area contributed by atoms with E-state index in [0.717, 1.165) is 0 Å². The first-order valence-electron chi connectivity index (χ1n) is 3.69. The van der Waals surface area contributed by atoms with Crippen LogP contribution in [-0.2, 0) is 0 Å². The van der Waals surface area contributed by atoms with E-state index in [1.54, 1.807) is 18.5 Å². The Balaban J connectivity index is 0.000000249. The highest BCUT2D eigenvalue weighted by Crippen LogP contribution is 1.66. The summed E-state index contributed by atoms with van der Waals surface area (Å²) in [5, 5.41) is 0.195. The van der Waals surface area contributed by atoms with Crippen LogP contribution in [0.25, 0.3) is 0 Å². The van der Waals surface area contributed by atoms with Gasteiger partial charge < -0.3 is 5.73 Å². The van der Waals surface area contributed by atoms with Crippen LogP contribution in [0.2, 0.25) is 0 Å². The molecule has 0 bridgehead atoms. The number of hydrazine groups is 1. The normalized spacial score (nSPS) is 7.64. The molecule has 14 heavy (non-hydrogen) atoms. The fourth-order valence-electron chi connectivity index (χ4n) is 0.436. The van der Waals surface area contributed by atoms with Gasteiger partial charge in [-0.05, 0) is 18.3 Å². The molecule has 1 rings (SSSR count). The molecule has 0 aliphatic heterocycles. The monoisotopic (exact) mass is 209 g/mol. The van der Waals surface area contributed by atoms with Crippen molar-refractivity contribution in [2.24, 2.45) is 5.73 Å². The molecule has 4 N–H and O–H groups in total. The standard InChI is InChI=1S/C4H7N3S.C4H4N2/c1-2-3-6-7-4(5)8;1-2-5-4-6-3-1/h1,6H,3H2,(H3,5,7,8);1-4H. The predicted octanol–water partition coefficient (Wildman–Crippen LogP) is -0.566. The molecule has 1 aromatic heterocycles. The SMILES string of the molecule is C#CCNNC(N)=S.c1cncnc1. The van der Waals surface area contributed by atoms with Crippen LogP contribution in [0.15, 0.2) is 24.8 Å². The van der Waals surface area contributed by atoms with E-state index in [1.165, 1.54) is 6.33 Å². The summed E-state index contributed by atoms with van der Waals surface area (Å²) in [7, 11) is 0. The Hall–Kier alpha value is -1.71. The summed E-state index contributed by atoms with van der Waals surface area (Å²) >= 11 is 4.44. The fourth-order valence-corrected chi connectivity index (χ4v) is 0.508. The summed E-state index contributed by atoms with van der Waals surface area (Å²) in [5.41, 5.74) is 10.1. The van der Waals surface area contributed by atoms with Gasteiger partial charge in [-0.2, -0.15) is 0 Å². The van der Waals surface area contributed by atoms with Crippen LogP contribution in [0.3, 0.4) is 0 Å². The lowest BCUT2D eigenvalue weighted by Gasteiger charge is -1.99. The van der Waals surface area contributed by atoms with Gasteiger partial charge in [0.25, 0.3) is 0 Å². The lowest BCUT2D eigenvalue weighted by molar-refractivity contribution is 0.727. The molecular formula is C8H11N5S. The summed E-state index contributed by atoms with van der Waals surface area (Å²) in [4.78, 5) is 7.35. The Morgan fingerprint density at radius 2 is 2.14 bits per heavy atom. The molecule has 0 spiro atoms. The van der Waals surface area contributed by atoms with Crippen molar-refractivity contribution in [1.29, 1.82) is 0 Å². The molecule has 1 heterocycles. The molecule has 6 heteroatoms. The predicted molar refractivity (Wildman–Crippen MR) is 58.8 cm³/mol. The Labute approximate surface area is 88.1 Å². The minimum Gasteiger partial charge on any atom is -0.375 e. The number of hydrogen-bond acceptors (Lipinski definition) is 4. The van der Waals surface area contributed by atoms with E-state index in [4.69, 9.17) is 12.2 Å². The maximum absolute atomic E-state index is 5.02. The molecule has 0 radical (unpaired) electrons. The van der Waals surface area contributed by atoms with Crippen LogP contribution in [-0.4, -0.2) is 21.6 Å². The molecule has 0 amide bonds. The molecule has 1 aromatic rings. The number of hydrogen-bond donors (Lipinski definition) is 3. The Kier molecular flexibility index (Phi) is 8.23. The third kappa shape index (κ3) is 10.3. The minimum absolute atomic E-state index is 0.195. The highest BCUT2D eigenvalue weighted by atomic mass is 32.1. The lowest BCUT2D eigenvalue weighted by atomic mass is 10.7. The largest absolute Gasteiger partial charge is 0.375 e. The van der Waals surface area contributed by atoms with E-state index in [-0.39, 0.29) is 5.11 Å². The number of aromatic nitrogens is 2. The van der Waals surface area contributed by atoms with Gasteiger partial charge in [-0.25, -0.2) is 15.4 Å². The van der Waals surface area contributed by atoms with Crippen LogP contribution in [0.1, 0.15) is 0 Å². The maximum Gasteiger partial charge on any atom is 0.178 e. The molecule has 0 unspecified atom stereocenters. The summed E-state index contributed by atoms with van der Waals surface area (Å²) in [5.74, 6) is 2.33. The highest BCUT2D eigenvalue weighted by molar-refractivity contribution is 7.80. The average Bonchev–Trinajstić information content (AvgIpc) is 2.21. The van der Waals surface area contributed by atoms with Crippen molar-refractivity contribution >= 4 is 17.3 Å². The quantitative estimate of drug-likeness (QED) is 0.262. The first-order chi connectivity index (χ1) is 6.77. The van der Waals surface area contributed by atoms with Gasteiger partial charge in [0.2, 0.25) is 0 Å². The molecule has 0 aliphatic carbocycles. The number of nitrogens with two attached hydrogens (primary N) is 1. The summed E-state index contributed by atoms with van der Waals surface area (Å²) in [6.07, 6.45) is 9.75. The van der Waals surface area contributed by atoms with Gasteiger partial charge in [-0.3, -0.25) is 5.43 Å². The molecule has 5 nitrogen and oxygen atoms in total. The summed E-state index contributed by atoms with van der Waals surface area (Å²) < 4.78 is 0. The van der Waals surface area contributed by atoms with Gasteiger partial charge in [-0.15, -0.1) is 6.42 Å². The zero-order valence-corrected chi connectivity index (χ0v) is 8.29. The Bertz CT molecular complexity index is 255. The van der Waals surface area contributed by atoms with E-state index < -0.39 is 0 Å². The molecule has 0 aliphatic rings. The maximum atomic E-state index is 5.02. The molecule has 0 atom stereocenters. The van der Waals surface area contributed by atoms with Gasteiger partial charge in [0.1, 0.15) is 6.33 Å².